The Morgan fingerprint density at radius 2 is 2.22 bits per heavy atom. The Labute approximate surface area is 136 Å². The van der Waals surface area contributed by atoms with Crippen LogP contribution in [0.15, 0.2) is 18.2 Å². The maximum Gasteiger partial charge on any atom is 0.228 e. The number of anilines is 1. The normalized spacial score (nSPS) is 19.0. The Morgan fingerprint density at radius 3 is 2.91 bits per heavy atom. The van der Waals surface area contributed by atoms with Crippen LogP contribution < -0.4 is 10.6 Å². The summed E-state index contributed by atoms with van der Waals surface area (Å²) in [4.78, 5) is 23.4. The van der Waals surface area contributed by atoms with Gasteiger partial charge in [-0.2, -0.15) is 0 Å². The molecule has 0 saturated heterocycles. The molecule has 1 unspecified atom stereocenters. The van der Waals surface area contributed by atoms with Gasteiger partial charge in [0.15, 0.2) is 0 Å². The minimum Gasteiger partial charge on any atom is -0.394 e. The highest BCUT2D eigenvalue weighted by Crippen LogP contribution is 2.39. The van der Waals surface area contributed by atoms with E-state index in [2.05, 4.69) is 10.6 Å². The molecule has 0 bridgehead atoms. The van der Waals surface area contributed by atoms with Gasteiger partial charge in [0.2, 0.25) is 11.8 Å². The molecule has 5 nitrogen and oxygen atoms in total. The number of aliphatic hydroxyl groups excluding tert-OH is 1. The summed E-state index contributed by atoms with van der Waals surface area (Å²) in [6.07, 6.45) is 4.64. The zero-order valence-electron chi connectivity index (χ0n) is 13.5. The van der Waals surface area contributed by atoms with Gasteiger partial charge < -0.3 is 15.7 Å². The fraction of sp³-hybridized carbons (Fsp3) is 0.556. The van der Waals surface area contributed by atoms with E-state index in [0.29, 0.717) is 18.8 Å². The van der Waals surface area contributed by atoms with Crippen LogP contribution in [-0.4, -0.2) is 29.1 Å². The Balaban J connectivity index is 1.47. The summed E-state index contributed by atoms with van der Waals surface area (Å²) < 4.78 is 0. The van der Waals surface area contributed by atoms with Crippen molar-refractivity contribution in [2.75, 3.05) is 11.9 Å². The minimum absolute atomic E-state index is 0.00470. The van der Waals surface area contributed by atoms with Crippen LogP contribution in [0, 0.1) is 5.92 Å². The first-order valence-electron chi connectivity index (χ1n) is 8.34. The molecule has 3 rings (SSSR count). The second-order valence-corrected chi connectivity index (χ2v) is 6.97. The molecule has 124 valence electrons. The molecule has 0 spiro atoms. The molecule has 1 heterocycles. The first-order valence-corrected chi connectivity index (χ1v) is 8.34. The SMILES string of the molecule is CC(CO)(NC(=O)CCCc1ccc2c(c1)CC(=O)N2)C1CC1. The third kappa shape index (κ3) is 3.72. The van der Waals surface area contributed by atoms with Crippen LogP contribution in [0.4, 0.5) is 5.69 Å². The van der Waals surface area contributed by atoms with Crippen molar-refractivity contribution in [3.05, 3.63) is 29.3 Å². The quantitative estimate of drug-likeness (QED) is 0.717. The number of amides is 2. The standard InChI is InChI=1S/C18H24N2O3/c1-18(11-21,14-6-7-14)20-16(22)4-2-3-12-5-8-15-13(9-12)10-17(23)19-15/h5,8-9,14,21H,2-4,6-7,10-11H2,1H3,(H,19,23)(H,20,22). The van der Waals surface area contributed by atoms with E-state index in [0.717, 1.165) is 42.5 Å². The summed E-state index contributed by atoms with van der Waals surface area (Å²) in [5, 5.41) is 15.3. The molecular formula is C18H24N2O3. The zero-order valence-corrected chi connectivity index (χ0v) is 13.5. The number of nitrogens with one attached hydrogen (secondary N) is 2. The number of hydrogen-bond donors (Lipinski definition) is 3. The minimum atomic E-state index is -0.462. The monoisotopic (exact) mass is 316 g/mol. The molecule has 1 fully saturated rings. The molecule has 1 aromatic carbocycles. The van der Waals surface area contributed by atoms with E-state index in [1.165, 1.54) is 0 Å². The van der Waals surface area contributed by atoms with E-state index in [1.54, 1.807) is 0 Å². The van der Waals surface area contributed by atoms with Gasteiger partial charge in [-0.1, -0.05) is 12.1 Å². The Hall–Kier alpha value is -1.88. The number of carbonyl (C=O) groups is 2. The van der Waals surface area contributed by atoms with Gasteiger partial charge in [0, 0.05) is 12.1 Å². The van der Waals surface area contributed by atoms with Crippen LogP contribution in [0.3, 0.4) is 0 Å². The van der Waals surface area contributed by atoms with Gasteiger partial charge in [-0.15, -0.1) is 0 Å². The summed E-state index contributed by atoms with van der Waals surface area (Å²) >= 11 is 0. The van der Waals surface area contributed by atoms with Crippen molar-refractivity contribution in [3.63, 3.8) is 0 Å². The second-order valence-electron chi connectivity index (χ2n) is 6.97. The maximum absolute atomic E-state index is 12.1. The highest BCUT2D eigenvalue weighted by molar-refractivity contribution is 5.99. The van der Waals surface area contributed by atoms with Gasteiger partial charge in [-0.3, -0.25) is 9.59 Å². The molecule has 3 N–H and O–H groups in total. The molecular weight excluding hydrogens is 292 g/mol. The highest BCUT2D eigenvalue weighted by Gasteiger charge is 2.41. The van der Waals surface area contributed by atoms with Crippen molar-refractivity contribution in [2.24, 2.45) is 5.92 Å². The molecule has 1 aliphatic carbocycles. The lowest BCUT2D eigenvalue weighted by Gasteiger charge is -2.28. The van der Waals surface area contributed by atoms with E-state index in [-0.39, 0.29) is 18.4 Å². The number of carbonyl (C=O) groups excluding carboxylic acids is 2. The van der Waals surface area contributed by atoms with Crippen molar-refractivity contribution in [2.45, 2.75) is 51.0 Å². The summed E-state index contributed by atoms with van der Waals surface area (Å²) in [6, 6.07) is 5.99. The molecule has 2 aliphatic rings. The predicted octanol–water partition coefficient (Wildman–Crippen LogP) is 1.78. The first-order chi connectivity index (χ1) is 11.0. The van der Waals surface area contributed by atoms with Crippen LogP contribution in [0.5, 0.6) is 0 Å². The fourth-order valence-corrected chi connectivity index (χ4v) is 3.26. The van der Waals surface area contributed by atoms with Crippen LogP contribution in [0.2, 0.25) is 0 Å². The Kier molecular flexibility index (Phi) is 4.39. The maximum atomic E-state index is 12.1. The molecule has 1 aromatic rings. The second kappa shape index (κ2) is 6.32. The number of aryl methyl sites for hydroxylation is 1. The number of rotatable bonds is 7. The molecule has 0 aromatic heterocycles. The van der Waals surface area contributed by atoms with Gasteiger partial charge in [-0.05, 0) is 55.7 Å². The molecule has 1 atom stereocenters. The highest BCUT2D eigenvalue weighted by atomic mass is 16.3. The largest absolute Gasteiger partial charge is 0.394 e. The molecule has 1 aliphatic heterocycles. The molecule has 1 saturated carbocycles. The number of benzene rings is 1. The lowest BCUT2D eigenvalue weighted by atomic mass is 9.96. The van der Waals surface area contributed by atoms with Crippen molar-refractivity contribution in [1.82, 2.24) is 5.32 Å². The Morgan fingerprint density at radius 1 is 1.43 bits per heavy atom. The van der Waals surface area contributed by atoms with E-state index in [9.17, 15) is 14.7 Å². The third-order valence-corrected chi connectivity index (χ3v) is 4.90. The molecule has 2 amide bonds. The van der Waals surface area contributed by atoms with E-state index in [1.807, 2.05) is 25.1 Å². The van der Waals surface area contributed by atoms with Gasteiger partial charge in [0.05, 0.1) is 18.6 Å². The predicted molar refractivity (Wildman–Crippen MR) is 88.1 cm³/mol. The summed E-state index contributed by atoms with van der Waals surface area (Å²) in [7, 11) is 0. The lowest BCUT2D eigenvalue weighted by molar-refractivity contribution is -0.123. The number of fused-ring (bicyclic) bond motifs is 1. The lowest BCUT2D eigenvalue weighted by Crippen LogP contribution is -2.50. The van der Waals surface area contributed by atoms with Crippen LogP contribution in [-0.2, 0) is 22.4 Å². The average molecular weight is 316 g/mol. The Bertz CT molecular complexity index is 625. The van der Waals surface area contributed by atoms with Crippen molar-refractivity contribution >= 4 is 17.5 Å². The summed E-state index contributed by atoms with van der Waals surface area (Å²) in [6.45, 7) is 1.92. The van der Waals surface area contributed by atoms with Crippen LogP contribution >= 0.6 is 0 Å². The van der Waals surface area contributed by atoms with Crippen LogP contribution in [0.25, 0.3) is 0 Å². The zero-order chi connectivity index (χ0) is 16.4. The van der Waals surface area contributed by atoms with E-state index in [4.69, 9.17) is 0 Å². The van der Waals surface area contributed by atoms with Gasteiger partial charge in [0.25, 0.3) is 0 Å². The molecule has 23 heavy (non-hydrogen) atoms. The van der Waals surface area contributed by atoms with Gasteiger partial charge in [0.1, 0.15) is 0 Å². The van der Waals surface area contributed by atoms with Crippen LogP contribution in [0.1, 0.15) is 43.7 Å². The van der Waals surface area contributed by atoms with Crippen molar-refractivity contribution < 1.29 is 14.7 Å². The summed E-state index contributed by atoms with van der Waals surface area (Å²) in [5.41, 5.74) is 2.63. The van der Waals surface area contributed by atoms with Gasteiger partial charge in [-0.25, -0.2) is 0 Å². The van der Waals surface area contributed by atoms with E-state index < -0.39 is 5.54 Å². The smallest absolute Gasteiger partial charge is 0.228 e. The topological polar surface area (TPSA) is 78.4 Å². The third-order valence-electron chi connectivity index (χ3n) is 4.90. The number of hydrogen-bond acceptors (Lipinski definition) is 3. The van der Waals surface area contributed by atoms with Crippen molar-refractivity contribution in [3.8, 4) is 0 Å². The fourth-order valence-electron chi connectivity index (χ4n) is 3.26. The first kappa shape index (κ1) is 16.0. The molecule has 5 heteroatoms. The average Bonchev–Trinajstić information content (AvgIpc) is 3.29. The van der Waals surface area contributed by atoms with Gasteiger partial charge >= 0.3 is 0 Å². The molecule has 0 radical (unpaired) electrons. The summed E-state index contributed by atoms with van der Waals surface area (Å²) in [5.74, 6) is 0.463. The van der Waals surface area contributed by atoms with Crippen molar-refractivity contribution in [1.29, 1.82) is 0 Å². The van der Waals surface area contributed by atoms with E-state index >= 15 is 0 Å². The number of aliphatic hydroxyl groups is 1.